The second kappa shape index (κ2) is 8.40. The average Bonchev–Trinajstić information content (AvgIpc) is 3.00. The first kappa shape index (κ1) is 19.2. The maximum Gasteiger partial charge on any atom is 0.349 e. The number of aryl methyl sites for hydroxylation is 1. The number of ether oxygens (including phenoxy) is 2. The Morgan fingerprint density at radius 2 is 2.04 bits per heavy atom. The molecule has 6 heteroatoms. The quantitative estimate of drug-likeness (QED) is 0.369. The molecule has 2 aromatic heterocycles. The SMILES string of the molecule is Cc1ccn2c(/C=C(/C#N)C(=O)OCc3ccccc3)c(OC(C)C)nc2c1. The van der Waals surface area contributed by atoms with Gasteiger partial charge in [0.25, 0.3) is 0 Å². The summed E-state index contributed by atoms with van der Waals surface area (Å²) in [6.07, 6.45) is 3.19. The van der Waals surface area contributed by atoms with Crippen molar-refractivity contribution in [1.29, 1.82) is 5.26 Å². The normalized spacial score (nSPS) is 11.5. The van der Waals surface area contributed by atoms with Gasteiger partial charge in [-0.25, -0.2) is 4.79 Å². The molecule has 0 fully saturated rings. The largest absolute Gasteiger partial charge is 0.473 e. The van der Waals surface area contributed by atoms with Gasteiger partial charge in [-0.15, -0.1) is 0 Å². The fourth-order valence-electron chi connectivity index (χ4n) is 2.66. The molecule has 0 aliphatic heterocycles. The van der Waals surface area contributed by atoms with Gasteiger partial charge in [0.05, 0.1) is 6.10 Å². The van der Waals surface area contributed by atoms with Crippen molar-refractivity contribution >= 4 is 17.7 Å². The monoisotopic (exact) mass is 375 g/mol. The smallest absolute Gasteiger partial charge is 0.349 e. The Balaban J connectivity index is 1.93. The maximum absolute atomic E-state index is 12.4. The van der Waals surface area contributed by atoms with Crippen molar-refractivity contribution in [3.05, 3.63) is 71.1 Å². The van der Waals surface area contributed by atoms with Gasteiger partial charge in [0.2, 0.25) is 5.88 Å². The van der Waals surface area contributed by atoms with E-state index in [0.29, 0.717) is 17.2 Å². The minimum atomic E-state index is -0.691. The molecule has 0 aliphatic rings. The Morgan fingerprint density at radius 3 is 2.71 bits per heavy atom. The lowest BCUT2D eigenvalue weighted by atomic mass is 10.2. The van der Waals surface area contributed by atoms with Crippen LogP contribution in [0.25, 0.3) is 11.7 Å². The summed E-state index contributed by atoms with van der Waals surface area (Å²) < 4.78 is 12.9. The molecule has 0 saturated carbocycles. The van der Waals surface area contributed by atoms with Crippen LogP contribution in [0.15, 0.2) is 54.2 Å². The number of rotatable bonds is 6. The highest BCUT2D eigenvalue weighted by Crippen LogP contribution is 2.25. The number of nitriles is 1. The predicted molar refractivity (Wildman–Crippen MR) is 106 cm³/mol. The molecule has 0 radical (unpaired) electrons. The lowest BCUT2D eigenvalue weighted by Gasteiger charge is -2.08. The van der Waals surface area contributed by atoms with Crippen LogP contribution in [0.1, 0.15) is 30.7 Å². The zero-order chi connectivity index (χ0) is 20.1. The van der Waals surface area contributed by atoms with Gasteiger partial charge in [-0.05, 0) is 50.1 Å². The van der Waals surface area contributed by atoms with Crippen LogP contribution in [0.3, 0.4) is 0 Å². The van der Waals surface area contributed by atoms with E-state index >= 15 is 0 Å². The molecule has 2 heterocycles. The van der Waals surface area contributed by atoms with Crippen molar-refractivity contribution in [2.45, 2.75) is 33.5 Å². The molecule has 3 rings (SSSR count). The van der Waals surface area contributed by atoms with Gasteiger partial charge in [-0.3, -0.25) is 4.40 Å². The fourth-order valence-corrected chi connectivity index (χ4v) is 2.66. The van der Waals surface area contributed by atoms with Gasteiger partial charge in [0.15, 0.2) is 0 Å². The molecule has 142 valence electrons. The molecule has 0 amide bonds. The second-order valence-corrected chi connectivity index (χ2v) is 6.63. The summed E-state index contributed by atoms with van der Waals surface area (Å²) in [6.45, 7) is 5.85. The average molecular weight is 375 g/mol. The first-order valence-corrected chi connectivity index (χ1v) is 8.96. The topological polar surface area (TPSA) is 76.6 Å². The number of esters is 1. The van der Waals surface area contributed by atoms with Crippen molar-refractivity contribution in [1.82, 2.24) is 9.38 Å². The van der Waals surface area contributed by atoms with E-state index in [1.165, 1.54) is 6.08 Å². The molecule has 3 aromatic rings. The molecule has 0 N–H and O–H groups in total. The molecular weight excluding hydrogens is 354 g/mol. The summed E-state index contributed by atoms with van der Waals surface area (Å²) in [7, 11) is 0. The van der Waals surface area contributed by atoms with Crippen molar-refractivity contribution in [3.8, 4) is 11.9 Å². The van der Waals surface area contributed by atoms with Crippen LogP contribution in [0.5, 0.6) is 5.88 Å². The van der Waals surface area contributed by atoms with E-state index in [2.05, 4.69) is 4.98 Å². The summed E-state index contributed by atoms with van der Waals surface area (Å²) in [4.78, 5) is 16.9. The Hall–Kier alpha value is -3.59. The van der Waals surface area contributed by atoms with Crippen LogP contribution in [0.2, 0.25) is 0 Å². The summed E-state index contributed by atoms with van der Waals surface area (Å²) in [6, 6.07) is 15.1. The van der Waals surface area contributed by atoms with E-state index in [9.17, 15) is 10.1 Å². The van der Waals surface area contributed by atoms with Crippen molar-refractivity contribution in [2.24, 2.45) is 0 Å². The van der Waals surface area contributed by atoms with Crippen LogP contribution in [0.4, 0.5) is 0 Å². The summed E-state index contributed by atoms with van der Waals surface area (Å²) in [5, 5.41) is 9.49. The van der Waals surface area contributed by atoms with E-state index < -0.39 is 5.97 Å². The third kappa shape index (κ3) is 4.38. The highest BCUT2D eigenvalue weighted by atomic mass is 16.5. The molecule has 0 spiro atoms. The van der Waals surface area contributed by atoms with Gasteiger partial charge in [0.1, 0.15) is 29.6 Å². The predicted octanol–water partition coefficient (Wildman–Crippen LogP) is 4.08. The number of benzene rings is 1. The van der Waals surface area contributed by atoms with Crippen molar-refractivity contribution < 1.29 is 14.3 Å². The van der Waals surface area contributed by atoms with Gasteiger partial charge >= 0.3 is 5.97 Å². The summed E-state index contributed by atoms with van der Waals surface area (Å²) in [5.74, 6) is -0.326. The molecule has 28 heavy (non-hydrogen) atoms. The minimum absolute atomic E-state index is 0.0976. The van der Waals surface area contributed by atoms with E-state index in [-0.39, 0.29) is 18.3 Å². The van der Waals surface area contributed by atoms with Crippen LogP contribution in [0, 0.1) is 18.3 Å². The van der Waals surface area contributed by atoms with Crippen LogP contribution in [-0.4, -0.2) is 21.5 Å². The molecule has 0 saturated heterocycles. The van der Waals surface area contributed by atoms with E-state index in [0.717, 1.165) is 11.1 Å². The number of nitrogens with zero attached hydrogens (tertiary/aromatic N) is 3. The second-order valence-electron chi connectivity index (χ2n) is 6.63. The van der Waals surface area contributed by atoms with Crippen LogP contribution < -0.4 is 4.74 Å². The molecule has 0 bridgehead atoms. The number of carbonyl (C=O) groups is 1. The highest BCUT2D eigenvalue weighted by molar-refractivity contribution is 5.98. The Bertz CT molecular complexity index is 1060. The number of fused-ring (bicyclic) bond motifs is 1. The standard InChI is InChI=1S/C22H21N3O3/c1-15(2)28-21-19(25-10-9-16(3)11-20(25)24-21)12-18(13-23)22(26)27-14-17-7-5-4-6-8-17/h4-12,15H,14H2,1-3H3/b18-12-. The Morgan fingerprint density at radius 1 is 1.29 bits per heavy atom. The number of imidazole rings is 1. The number of pyridine rings is 1. The molecule has 0 atom stereocenters. The summed E-state index contributed by atoms with van der Waals surface area (Å²) >= 11 is 0. The van der Waals surface area contributed by atoms with Gasteiger partial charge in [-0.2, -0.15) is 10.2 Å². The first-order valence-electron chi connectivity index (χ1n) is 8.96. The summed E-state index contributed by atoms with van der Waals surface area (Å²) in [5.41, 5.74) is 2.98. The maximum atomic E-state index is 12.4. The van der Waals surface area contributed by atoms with Crippen molar-refractivity contribution in [2.75, 3.05) is 0 Å². The molecule has 6 nitrogen and oxygen atoms in total. The minimum Gasteiger partial charge on any atom is -0.473 e. The zero-order valence-electron chi connectivity index (χ0n) is 16.0. The Kier molecular flexibility index (Phi) is 5.75. The lowest BCUT2D eigenvalue weighted by Crippen LogP contribution is -2.09. The molecule has 1 aromatic carbocycles. The van der Waals surface area contributed by atoms with Crippen LogP contribution >= 0.6 is 0 Å². The third-order valence-corrected chi connectivity index (χ3v) is 3.97. The molecule has 0 aliphatic carbocycles. The first-order chi connectivity index (χ1) is 13.5. The fraction of sp³-hybridized carbons (Fsp3) is 0.227. The van der Waals surface area contributed by atoms with E-state index in [1.54, 1.807) is 4.40 Å². The number of hydrogen-bond acceptors (Lipinski definition) is 5. The molecule has 0 unspecified atom stereocenters. The highest BCUT2D eigenvalue weighted by Gasteiger charge is 2.18. The Labute approximate surface area is 163 Å². The molecular formula is C22H21N3O3. The number of hydrogen-bond donors (Lipinski definition) is 0. The number of aromatic nitrogens is 2. The van der Waals surface area contributed by atoms with E-state index in [4.69, 9.17) is 9.47 Å². The number of carbonyl (C=O) groups excluding carboxylic acids is 1. The van der Waals surface area contributed by atoms with E-state index in [1.807, 2.05) is 75.5 Å². The lowest BCUT2D eigenvalue weighted by molar-refractivity contribution is -0.139. The van der Waals surface area contributed by atoms with Gasteiger partial charge < -0.3 is 9.47 Å². The van der Waals surface area contributed by atoms with Crippen LogP contribution in [-0.2, 0) is 16.1 Å². The third-order valence-electron chi connectivity index (χ3n) is 3.97. The van der Waals surface area contributed by atoms with Gasteiger partial charge in [-0.1, -0.05) is 30.3 Å². The van der Waals surface area contributed by atoms with Crippen molar-refractivity contribution in [3.63, 3.8) is 0 Å². The zero-order valence-corrected chi connectivity index (χ0v) is 16.0. The van der Waals surface area contributed by atoms with Gasteiger partial charge in [0, 0.05) is 6.20 Å².